The van der Waals surface area contributed by atoms with Gasteiger partial charge in [-0.15, -0.1) is 0 Å². The van der Waals surface area contributed by atoms with E-state index in [9.17, 15) is 0 Å². The summed E-state index contributed by atoms with van der Waals surface area (Å²) in [5.41, 5.74) is 8.13. The third-order valence-corrected chi connectivity index (χ3v) is 3.70. The van der Waals surface area contributed by atoms with Crippen LogP contribution < -0.4 is 10.5 Å². The quantitative estimate of drug-likeness (QED) is 0.864. The van der Waals surface area contributed by atoms with Gasteiger partial charge in [-0.05, 0) is 49.1 Å². The van der Waals surface area contributed by atoms with E-state index in [1.807, 2.05) is 49.4 Å². The average Bonchev–Trinajstić information content (AvgIpc) is 2.44. The summed E-state index contributed by atoms with van der Waals surface area (Å²) in [5, 5.41) is 0.708. The Bertz CT molecular complexity index is 583. The molecule has 0 heterocycles. The maximum Gasteiger partial charge on any atom is 0.130 e. The molecule has 3 heteroatoms. The Morgan fingerprint density at radius 2 is 1.95 bits per heavy atom. The number of aryl methyl sites for hydroxylation is 1. The Morgan fingerprint density at radius 3 is 2.60 bits per heavy atom. The maximum absolute atomic E-state index is 6.30. The lowest BCUT2D eigenvalue weighted by Crippen LogP contribution is -2.21. The Balaban J connectivity index is 2.15. The molecule has 0 bridgehead atoms. The van der Waals surface area contributed by atoms with E-state index in [-0.39, 0.29) is 6.04 Å². The lowest BCUT2D eigenvalue weighted by Gasteiger charge is -2.13. The van der Waals surface area contributed by atoms with E-state index in [0.717, 1.165) is 35.5 Å². The Kier molecular flexibility index (Phi) is 5.05. The molecule has 0 aliphatic carbocycles. The molecule has 0 radical (unpaired) electrons. The lowest BCUT2D eigenvalue weighted by atomic mass is 10.0. The second kappa shape index (κ2) is 6.78. The number of hydrogen-bond donors (Lipinski definition) is 1. The van der Waals surface area contributed by atoms with Gasteiger partial charge in [0.2, 0.25) is 0 Å². The van der Waals surface area contributed by atoms with Crippen LogP contribution in [0.5, 0.6) is 11.5 Å². The van der Waals surface area contributed by atoms with Crippen LogP contribution in [-0.2, 0) is 6.42 Å². The van der Waals surface area contributed by atoms with E-state index in [4.69, 9.17) is 22.1 Å². The fourth-order valence-electron chi connectivity index (χ4n) is 1.98. The summed E-state index contributed by atoms with van der Waals surface area (Å²) in [7, 11) is 0. The molecule has 1 unspecified atom stereocenters. The van der Waals surface area contributed by atoms with Gasteiger partial charge in [0, 0.05) is 11.1 Å². The largest absolute Gasteiger partial charge is 0.457 e. The minimum atomic E-state index is 0.149. The van der Waals surface area contributed by atoms with E-state index < -0.39 is 0 Å². The van der Waals surface area contributed by atoms with Crippen LogP contribution in [-0.4, -0.2) is 6.04 Å². The van der Waals surface area contributed by atoms with Crippen LogP contribution in [0.15, 0.2) is 42.5 Å². The summed E-state index contributed by atoms with van der Waals surface area (Å²) >= 11 is 6.30. The summed E-state index contributed by atoms with van der Waals surface area (Å²) in [5.74, 6) is 1.60. The molecule has 0 aliphatic rings. The predicted octanol–water partition coefficient (Wildman–Crippen LogP) is 4.72. The summed E-state index contributed by atoms with van der Waals surface area (Å²) in [6, 6.07) is 13.8. The molecule has 0 saturated heterocycles. The van der Waals surface area contributed by atoms with Crippen LogP contribution in [0.2, 0.25) is 5.02 Å². The van der Waals surface area contributed by atoms with Crippen LogP contribution in [0.3, 0.4) is 0 Å². The molecule has 0 amide bonds. The van der Waals surface area contributed by atoms with E-state index in [1.54, 1.807) is 0 Å². The maximum atomic E-state index is 6.30. The van der Waals surface area contributed by atoms with Gasteiger partial charge in [-0.2, -0.15) is 0 Å². The molecule has 0 aliphatic heterocycles. The van der Waals surface area contributed by atoms with Crippen molar-refractivity contribution < 1.29 is 4.74 Å². The van der Waals surface area contributed by atoms with Gasteiger partial charge in [0.15, 0.2) is 0 Å². The Morgan fingerprint density at radius 1 is 1.20 bits per heavy atom. The van der Waals surface area contributed by atoms with Crippen molar-refractivity contribution in [3.05, 3.63) is 58.6 Å². The number of para-hydroxylation sites is 1. The molecule has 0 spiro atoms. The van der Waals surface area contributed by atoms with Crippen molar-refractivity contribution in [2.75, 3.05) is 0 Å². The molecule has 0 saturated carbocycles. The molecule has 0 aromatic heterocycles. The molecular formula is C17H20ClNO. The fourth-order valence-corrected chi connectivity index (χ4v) is 2.23. The van der Waals surface area contributed by atoms with E-state index in [0.29, 0.717) is 5.02 Å². The third kappa shape index (κ3) is 3.75. The van der Waals surface area contributed by atoms with Gasteiger partial charge in [-0.1, -0.05) is 42.8 Å². The monoisotopic (exact) mass is 289 g/mol. The van der Waals surface area contributed by atoms with Crippen LogP contribution in [0.4, 0.5) is 0 Å². The highest BCUT2D eigenvalue weighted by Crippen LogP contribution is 2.29. The Labute approximate surface area is 125 Å². The molecule has 20 heavy (non-hydrogen) atoms. The number of hydrogen-bond acceptors (Lipinski definition) is 2. The van der Waals surface area contributed by atoms with Crippen molar-refractivity contribution in [3.8, 4) is 11.5 Å². The first-order valence-electron chi connectivity index (χ1n) is 6.87. The molecule has 0 fully saturated rings. The van der Waals surface area contributed by atoms with Crippen molar-refractivity contribution in [2.24, 2.45) is 5.73 Å². The molecule has 2 aromatic rings. The highest BCUT2D eigenvalue weighted by atomic mass is 35.5. The Hall–Kier alpha value is -1.51. The first-order chi connectivity index (χ1) is 9.60. The van der Waals surface area contributed by atoms with Gasteiger partial charge in [0.25, 0.3) is 0 Å². The first kappa shape index (κ1) is 14.9. The third-order valence-electron chi connectivity index (χ3n) is 3.35. The van der Waals surface area contributed by atoms with Gasteiger partial charge in [0.1, 0.15) is 11.5 Å². The first-order valence-corrected chi connectivity index (χ1v) is 7.25. The van der Waals surface area contributed by atoms with Crippen molar-refractivity contribution in [2.45, 2.75) is 32.7 Å². The number of benzene rings is 2. The predicted molar refractivity (Wildman–Crippen MR) is 84.7 cm³/mol. The van der Waals surface area contributed by atoms with E-state index in [2.05, 4.69) is 6.92 Å². The van der Waals surface area contributed by atoms with Gasteiger partial charge < -0.3 is 10.5 Å². The SMILES string of the molecule is CCC(N)Cc1ccc(Oc2ccccc2C)cc1Cl. The summed E-state index contributed by atoms with van der Waals surface area (Å²) in [6.45, 7) is 4.10. The summed E-state index contributed by atoms with van der Waals surface area (Å²) in [4.78, 5) is 0. The molecule has 1 atom stereocenters. The topological polar surface area (TPSA) is 35.2 Å². The van der Waals surface area contributed by atoms with Gasteiger partial charge in [-0.3, -0.25) is 0 Å². The van der Waals surface area contributed by atoms with Gasteiger partial charge >= 0.3 is 0 Å². The van der Waals surface area contributed by atoms with Crippen LogP contribution >= 0.6 is 11.6 Å². The molecule has 2 nitrogen and oxygen atoms in total. The summed E-state index contributed by atoms with van der Waals surface area (Å²) < 4.78 is 5.86. The number of nitrogens with two attached hydrogens (primary N) is 1. The van der Waals surface area contributed by atoms with Gasteiger partial charge in [0.05, 0.1) is 0 Å². The van der Waals surface area contributed by atoms with E-state index >= 15 is 0 Å². The fraction of sp³-hybridized carbons (Fsp3) is 0.294. The van der Waals surface area contributed by atoms with Crippen LogP contribution in [0.25, 0.3) is 0 Å². The molecule has 2 aromatic carbocycles. The van der Waals surface area contributed by atoms with Crippen molar-refractivity contribution >= 4 is 11.6 Å². The minimum absolute atomic E-state index is 0.149. The molecule has 106 valence electrons. The molecule has 2 N–H and O–H groups in total. The smallest absolute Gasteiger partial charge is 0.130 e. The van der Waals surface area contributed by atoms with Crippen LogP contribution in [0.1, 0.15) is 24.5 Å². The lowest BCUT2D eigenvalue weighted by molar-refractivity contribution is 0.478. The highest BCUT2D eigenvalue weighted by molar-refractivity contribution is 6.31. The summed E-state index contributed by atoms with van der Waals surface area (Å²) in [6.07, 6.45) is 1.73. The van der Waals surface area contributed by atoms with Crippen molar-refractivity contribution in [1.29, 1.82) is 0 Å². The zero-order valence-electron chi connectivity index (χ0n) is 11.9. The van der Waals surface area contributed by atoms with Crippen LogP contribution in [0, 0.1) is 6.92 Å². The second-order valence-corrected chi connectivity index (χ2v) is 5.40. The van der Waals surface area contributed by atoms with Crippen molar-refractivity contribution in [3.63, 3.8) is 0 Å². The van der Waals surface area contributed by atoms with Crippen molar-refractivity contribution in [1.82, 2.24) is 0 Å². The molecular weight excluding hydrogens is 270 g/mol. The number of rotatable bonds is 5. The minimum Gasteiger partial charge on any atom is -0.457 e. The zero-order valence-corrected chi connectivity index (χ0v) is 12.7. The van der Waals surface area contributed by atoms with E-state index in [1.165, 1.54) is 0 Å². The highest BCUT2D eigenvalue weighted by Gasteiger charge is 2.08. The number of ether oxygens (including phenoxy) is 1. The normalized spacial score (nSPS) is 12.2. The van der Waals surface area contributed by atoms with Gasteiger partial charge in [-0.25, -0.2) is 0 Å². The second-order valence-electron chi connectivity index (χ2n) is 4.99. The standard InChI is InChI=1S/C17H20ClNO/c1-3-14(19)10-13-8-9-15(11-16(13)18)20-17-7-5-4-6-12(17)2/h4-9,11,14H,3,10,19H2,1-2H3. The zero-order chi connectivity index (χ0) is 14.5. The molecule has 2 rings (SSSR count). The average molecular weight is 290 g/mol. The number of halogens is 1.